The molecule has 1 saturated heterocycles. The van der Waals surface area contributed by atoms with Gasteiger partial charge in [-0.3, -0.25) is 0 Å². The highest BCUT2D eigenvalue weighted by molar-refractivity contribution is 5.34. The Morgan fingerprint density at radius 1 is 1.23 bits per heavy atom. The molecular weight excluding hydrogens is 281 g/mol. The van der Waals surface area contributed by atoms with Crippen molar-refractivity contribution < 1.29 is 13.9 Å². The van der Waals surface area contributed by atoms with Gasteiger partial charge >= 0.3 is 0 Å². The summed E-state index contributed by atoms with van der Waals surface area (Å²) in [4.78, 5) is 0. The molecule has 2 atom stereocenters. The first-order valence-corrected chi connectivity index (χ1v) is 7.54. The van der Waals surface area contributed by atoms with Crippen LogP contribution in [0.15, 0.2) is 48.5 Å². The minimum atomic E-state index is -0.296. The maximum absolute atomic E-state index is 13.5. The Bertz CT molecular complexity index is 612. The topological polar surface area (TPSA) is 30.5 Å². The Morgan fingerprint density at radius 2 is 2.05 bits per heavy atom. The molecular formula is C18H20FNO2. The highest BCUT2D eigenvalue weighted by atomic mass is 19.1. The third-order valence-corrected chi connectivity index (χ3v) is 3.83. The second-order valence-corrected chi connectivity index (χ2v) is 5.47. The van der Waals surface area contributed by atoms with Crippen LogP contribution in [0.3, 0.4) is 0 Å². The SMILES string of the molecule is Cc1ccc(F)cc1OC(c1ccccc1)C1CNCCO1. The number of nitrogens with one attached hydrogen (secondary N) is 1. The van der Waals surface area contributed by atoms with E-state index in [-0.39, 0.29) is 18.0 Å². The molecule has 1 aliphatic heterocycles. The van der Waals surface area contributed by atoms with Gasteiger partial charge in [-0.25, -0.2) is 4.39 Å². The summed E-state index contributed by atoms with van der Waals surface area (Å²) in [7, 11) is 0. The van der Waals surface area contributed by atoms with Crippen molar-refractivity contribution >= 4 is 0 Å². The summed E-state index contributed by atoms with van der Waals surface area (Å²) in [5, 5.41) is 3.32. The van der Waals surface area contributed by atoms with Crippen molar-refractivity contribution in [2.24, 2.45) is 0 Å². The molecule has 2 unspecified atom stereocenters. The Morgan fingerprint density at radius 3 is 2.77 bits per heavy atom. The molecule has 0 bridgehead atoms. The van der Waals surface area contributed by atoms with Crippen molar-refractivity contribution in [1.29, 1.82) is 0 Å². The Kier molecular flexibility index (Phi) is 4.71. The first-order valence-electron chi connectivity index (χ1n) is 7.54. The molecule has 0 saturated carbocycles. The van der Waals surface area contributed by atoms with Gasteiger partial charge in [-0.1, -0.05) is 36.4 Å². The normalized spacial score (nSPS) is 19.6. The Balaban J connectivity index is 1.89. The van der Waals surface area contributed by atoms with Crippen LogP contribution in [0.25, 0.3) is 0 Å². The van der Waals surface area contributed by atoms with E-state index >= 15 is 0 Å². The molecule has 4 heteroatoms. The molecule has 0 aliphatic carbocycles. The molecule has 116 valence electrons. The zero-order valence-electron chi connectivity index (χ0n) is 12.6. The average molecular weight is 301 g/mol. The molecule has 1 aliphatic rings. The second-order valence-electron chi connectivity index (χ2n) is 5.47. The Hall–Kier alpha value is -1.91. The van der Waals surface area contributed by atoms with E-state index in [1.54, 1.807) is 6.07 Å². The van der Waals surface area contributed by atoms with Gasteiger partial charge < -0.3 is 14.8 Å². The molecule has 1 fully saturated rings. The van der Waals surface area contributed by atoms with E-state index < -0.39 is 0 Å². The van der Waals surface area contributed by atoms with Crippen molar-refractivity contribution in [3.8, 4) is 5.75 Å². The number of rotatable bonds is 4. The van der Waals surface area contributed by atoms with Crippen LogP contribution in [0.1, 0.15) is 17.2 Å². The molecule has 0 amide bonds. The third-order valence-electron chi connectivity index (χ3n) is 3.83. The number of morpholine rings is 1. The van der Waals surface area contributed by atoms with E-state index in [1.807, 2.05) is 37.3 Å². The smallest absolute Gasteiger partial charge is 0.151 e. The van der Waals surface area contributed by atoms with Crippen molar-refractivity contribution in [2.45, 2.75) is 19.1 Å². The summed E-state index contributed by atoms with van der Waals surface area (Å²) in [6.07, 6.45) is -0.367. The van der Waals surface area contributed by atoms with Crippen molar-refractivity contribution in [1.82, 2.24) is 5.32 Å². The minimum absolute atomic E-state index is 0.0983. The fourth-order valence-corrected chi connectivity index (χ4v) is 2.62. The summed E-state index contributed by atoms with van der Waals surface area (Å²) in [5.41, 5.74) is 1.94. The number of ether oxygens (including phenoxy) is 2. The molecule has 1 heterocycles. The van der Waals surface area contributed by atoms with Gasteiger partial charge in [0.05, 0.1) is 6.61 Å². The van der Waals surface area contributed by atoms with Crippen LogP contribution in [-0.2, 0) is 4.74 Å². The van der Waals surface area contributed by atoms with Crippen LogP contribution in [0.5, 0.6) is 5.75 Å². The zero-order valence-corrected chi connectivity index (χ0v) is 12.6. The van der Waals surface area contributed by atoms with Gasteiger partial charge in [0.25, 0.3) is 0 Å². The zero-order chi connectivity index (χ0) is 15.4. The molecule has 2 aromatic rings. The van der Waals surface area contributed by atoms with Crippen LogP contribution < -0.4 is 10.1 Å². The van der Waals surface area contributed by atoms with E-state index in [2.05, 4.69) is 5.32 Å². The van der Waals surface area contributed by atoms with E-state index in [4.69, 9.17) is 9.47 Å². The number of hydrogen-bond acceptors (Lipinski definition) is 3. The van der Waals surface area contributed by atoms with Gasteiger partial charge in [-0.05, 0) is 24.1 Å². The van der Waals surface area contributed by atoms with E-state index in [0.29, 0.717) is 18.9 Å². The molecule has 0 aromatic heterocycles. The molecule has 3 nitrogen and oxygen atoms in total. The lowest BCUT2D eigenvalue weighted by Crippen LogP contribution is -2.43. The highest BCUT2D eigenvalue weighted by Gasteiger charge is 2.28. The second kappa shape index (κ2) is 6.90. The summed E-state index contributed by atoms with van der Waals surface area (Å²) in [6, 6.07) is 14.5. The molecule has 3 rings (SSSR count). The lowest BCUT2D eigenvalue weighted by molar-refractivity contribution is -0.0435. The molecule has 0 radical (unpaired) electrons. The van der Waals surface area contributed by atoms with Gasteiger partial charge in [-0.15, -0.1) is 0 Å². The van der Waals surface area contributed by atoms with Gasteiger partial charge in [0.2, 0.25) is 0 Å². The van der Waals surface area contributed by atoms with Crippen LogP contribution in [0.2, 0.25) is 0 Å². The summed E-state index contributed by atoms with van der Waals surface area (Å²) in [5.74, 6) is 0.262. The number of hydrogen-bond donors (Lipinski definition) is 1. The largest absolute Gasteiger partial charge is 0.483 e. The predicted octanol–water partition coefficient (Wildman–Crippen LogP) is 3.24. The van der Waals surface area contributed by atoms with E-state index in [1.165, 1.54) is 12.1 Å². The fraction of sp³-hybridized carbons (Fsp3) is 0.333. The van der Waals surface area contributed by atoms with Crippen molar-refractivity contribution in [2.75, 3.05) is 19.7 Å². The maximum atomic E-state index is 13.5. The van der Waals surface area contributed by atoms with Crippen molar-refractivity contribution in [3.63, 3.8) is 0 Å². The molecule has 2 aromatic carbocycles. The minimum Gasteiger partial charge on any atom is -0.483 e. The van der Waals surface area contributed by atoms with Crippen LogP contribution in [0.4, 0.5) is 4.39 Å². The fourth-order valence-electron chi connectivity index (χ4n) is 2.62. The maximum Gasteiger partial charge on any atom is 0.151 e. The number of benzene rings is 2. The van der Waals surface area contributed by atoms with Crippen molar-refractivity contribution in [3.05, 3.63) is 65.5 Å². The van der Waals surface area contributed by atoms with Gasteiger partial charge in [0.15, 0.2) is 6.10 Å². The van der Waals surface area contributed by atoms with Crippen LogP contribution in [0, 0.1) is 12.7 Å². The molecule has 1 N–H and O–H groups in total. The molecule has 0 spiro atoms. The van der Waals surface area contributed by atoms with E-state index in [0.717, 1.165) is 17.7 Å². The molecule has 22 heavy (non-hydrogen) atoms. The Labute approximate surface area is 130 Å². The lowest BCUT2D eigenvalue weighted by atomic mass is 10.0. The average Bonchev–Trinajstić information content (AvgIpc) is 2.57. The number of halogens is 1. The van der Waals surface area contributed by atoms with Gasteiger partial charge in [0.1, 0.15) is 17.7 Å². The summed E-state index contributed by atoms with van der Waals surface area (Å²) >= 11 is 0. The quantitative estimate of drug-likeness (QED) is 0.940. The van der Waals surface area contributed by atoms with Gasteiger partial charge in [-0.2, -0.15) is 0 Å². The third kappa shape index (κ3) is 3.46. The standard InChI is InChI=1S/C18H20FNO2/c1-13-7-8-15(19)11-16(13)22-18(14-5-3-2-4-6-14)17-12-20-9-10-21-17/h2-8,11,17-18,20H,9-10,12H2,1H3. The van der Waals surface area contributed by atoms with Crippen LogP contribution >= 0.6 is 0 Å². The van der Waals surface area contributed by atoms with Gasteiger partial charge in [0, 0.05) is 19.2 Å². The summed E-state index contributed by atoms with van der Waals surface area (Å²) < 4.78 is 25.5. The predicted molar refractivity (Wildman–Crippen MR) is 83.6 cm³/mol. The summed E-state index contributed by atoms with van der Waals surface area (Å²) in [6.45, 7) is 4.13. The van der Waals surface area contributed by atoms with E-state index in [9.17, 15) is 4.39 Å². The lowest BCUT2D eigenvalue weighted by Gasteiger charge is -2.32. The van der Waals surface area contributed by atoms with Crippen LogP contribution in [-0.4, -0.2) is 25.8 Å². The monoisotopic (exact) mass is 301 g/mol. The highest BCUT2D eigenvalue weighted by Crippen LogP contribution is 2.29. The first kappa shape index (κ1) is 15.0. The number of aryl methyl sites for hydroxylation is 1. The first-order chi connectivity index (χ1) is 10.7.